The van der Waals surface area contributed by atoms with Gasteiger partial charge >= 0.3 is 0 Å². The predicted molar refractivity (Wildman–Crippen MR) is 63.2 cm³/mol. The van der Waals surface area contributed by atoms with Gasteiger partial charge in [0.25, 0.3) is 5.22 Å². The minimum atomic E-state index is -0.0112. The third kappa shape index (κ3) is 2.63. The Morgan fingerprint density at radius 2 is 2.25 bits per heavy atom. The summed E-state index contributed by atoms with van der Waals surface area (Å²) in [4.78, 5) is 0.903. The molecule has 0 fully saturated rings. The number of nitrogens with zero attached hydrogens (tertiary/aromatic N) is 2. The normalized spacial score (nSPS) is 10.7. The van der Waals surface area contributed by atoms with Crippen molar-refractivity contribution in [1.29, 1.82) is 0 Å². The highest BCUT2D eigenvalue weighted by Crippen LogP contribution is 2.31. The van der Waals surface area contributed by atoms with Gasteiger partial charge in [0.05, 0.1) is 6.61 Å². The van der Waals surface area contributed by atoms with Gasteiger partial charge in [-0.1, -0.05) is 22.0 Å². The zero-order valence-electron chi connectivity index (χ0n) is 8.48. The van der Waals surface area contributed by atoms with Crippen LogP contribution < -0.4 is 0 Å². The Morgan fingerprint density at radius 1 is 1.44 bits per heavy atom. The average Bonchev–Trinajstić information content (AvgIpc) is 2.64. The molecule has 16 heavy (non-hydrogen) atoms. The van der Waals surface area contributed by atoms with E-state index in [0.717, 1.165) is 14.9 Å². The van der Waals surface area contributed by atoms with E-state index in [1.165, 1.54) is 11.8 Å². The van der Waals surface area contributed by atoms with Crippen LogP contribution in [-0.4, -0.2) is 15.3 Å². The minimum absolute atomic E-state index is 0.0112. The van der Waals surface area contributed by atoms with Gasteiger partial charge < -0.3 is 9.52 Å². The van der Waals surface area contributed by atoms with Crippen LogP contribution in [0.3, 0.4) is 0 Å². The Labute approximate surface area is 105 Å². The fourth-order valence-corrected chi connectivity index (χ4v) is 2.56. The minimum Gasteiger partial charge on any atom is -0.416 e. The lowest BCUT2D eigenvalue weighted by Gasteiger charge is -2.04. The average molecular weight is 301 g/mol. The molecule has 1 aromatic carbocycles. The Hall–Kier alpha value is -0.850. The molecule has 0 radical (unpaired) electrons. The van der Waals surface area contributed by atoms with Crippen molar-refractivity contribution in [2.24, 2.45) is 0 Å². The summed E-state index contributed by atoms with van der Waals surface area (Å²) in [6.45, 7) is 1.73. The molecule has 84 valence electrons. The zero-order chi connectivity index (χ0) is 11.5. The number of halogens is 1. The quantitative estimate of drug-likeness (QED) is 0.944. The standard InChI is InChI=1S/C10H9BrN2O2S/c1-6-12-13-10(15-6)16-9-4-8(11)3-2-7(9)5-14/h2-4,14H,5H2,1H3. The van der Waals surface area contributed by atoms with Gasteiger partial charge in [0.2, 0.25) is 5.89 Å². The van der Waals surface area contributed by atoms with Gasteiger partial charge in [0.1, 0.15) is 0 Å². The van der Waals surface area contributed by atoms with Crippen LogP contribution >= 0.6 is 27.7 Å². The molecule has 1 aromatic heterocycles. The van der Waals surface area contributed by atoms with Crippen LogP contribution in [0.15, 0.2) is 37.2 Å². The van der Waals surface area contributed by atoms with Crippen LogP contribution in [-0.2, 0) is 6.61 Å². The van der Waals surface area contributed by atoms with Crippen molar-refractivity contribution in [3.8, 4) is 0 Å². The molecule has 2 rings (SSSR count). The third-order valence-corrected chi connectivity index (χ3v) is 3.34. The second kappa shape index (κ2) is 4.99. The molecule has 0 aliphatic rings. The Bertz CT molecular complexity index is 501. The monoisotopic (exact) mass is 300 g/mol. The highest BCUT2D eigenvalue weighted by atomic mass is 79.9. The number of aromatic nitrogens is 2. The number of hydrogen-bond acceptors (Lipinski definition) is 5. The number of rotatable bonds is 3. The molecule has 0 bridgehead atoms. The van der Waals surface area contributed by atoms with Crippen molar-refractivity contribution in [2.75, 3.05) is 0 Å². The first-order valence-corrected chi connectivity index (χ1v) is 6.17. The van der Waals surface area contributed by atoms with Gasteiger partial charge in [-0.05, 0) is 29.5 Å². The molecule has 0 unspecified atom stereocenters. The highest BCUT2D eigenvalue weighted by molar-refractivity contribution is 9.10. The van der Waals surface area contributed by atoms with Gasteiger partial charge in [-0.25, -0.2) is 0 Å². The second-order valence-corrected chi connectivity index (χ2v) is 5.01. The molecule has 1 N–H and O–H groups in total. The van der Waals surface area contributed by atoms with Crippen LogP contribution in [0.2, 0.25) is 0 Å². The smallest absolute Gasteiger partial charge is 0.281 e. The van der Waals surface area contributed by atoms with Crippen LogP contribution in [0.5, 0.6) is 0 Å². The molecule has 4 nitrogen and oxygen atoms in total. The fraction of sp³-hybridized carbons (Fsp3) is 0.200. The second-order valence-electron chi connectivity index (χ2n) is 3.10. The summed E-state index contributed by atoms with van der Waals surface area (Å²) in [6.07, 6.45) is 0. The number of aliphatic hydroxyl groups is 1. The Kier molecular flexibility index (Phi) is 3.63. The SMILES string of the molecule is Cc1nnc(Sc2cc(Br)ccc2CO)o1. The maximum atomic E-state index is 9.20. The number of benzene rings is 1. The first-order valence-electron chi connectivity index (χ1n) is 4.56. The van der Waals surface area contributed by atoms with Crippen molar-refractivity contribution in [3.63, 3.8) is 0 Å². The number of hydrogen-bond donors (Lipinski definition) is 1. The molecular formula is C10H9BrN2O2S. The van der Waals surface area contributed by atoms with E-state index in [4.69, 9.17) is 4.42 Å². The summed E-state index contributed by atoms with van der Waals surface area (Å²) in [5.74, 6) is 0.531. The summed E-state index contributed by atoms with van der Waals surface area (Å²) in [6, 6.07) is 5.65. The molecule has 1 heterocycles. The van der Waals surface area contributed by atoms with Gasteiger partial charge in [0, 0.05) is 16.3 Å². The molecule has 0 saturated heterocycles. The van der Waals surface area contributed by atoms with Crippen molar-refractivity contribution >= 4 is 27.7 Å². The maximum absolute atomic E-state index is 9.20. The molecule has 0 amide bonds. The van der Waals surface area contributed by atoms with E-state index in [2.05, 4.69) is 26.1 Å². The molecule has 0 atom stereocenters. The molecule has 6 heteroatoms. The van der Waals surface area contributed by atoms with Crippen LogP contribution in [0.25, 0.3) is 0 Å². The summed E-state index contributed by atoms with van der Waals surface area (Å²) < 4.78 is 6.22. The van der Waals surface area contributed by atoms with Gasteiger partial charge in [0.15, 0.2) is 0 Å². The van der Waals surface area contributed by atoms with E-state index in [1.807, 2.05) is 18.2 Å². The van der Waals surface area contributed by atoms with E-state index in [0.29, 0.717) is 11.1 Å². The lowest BCUT2D eigenvalue weighted by molar-refractivity contribution is 0.279. The lowest BCUT2D eigenvalue weighted by atomic mass is 10.2. The number of aryl methyl sites for hydroxylation is 1. The van der Waals surface area contributed by atoms with E-state index in [-0.39, 0.29) is 6.61 Å². The molecule has 2 aromatic rings. The fourth-order valence-electron chi connectivity index (χ4n) is 1.17. The number of aliphatic hydroxyl groups excluding tert-OH is 1. The summed E-state index contributed by atoms with van der Waals surface area (Å²) in [5, 5.41) is 17.3. The molecular weight excluding hydrogens is 292 g/mol. The van der Waals surface area contributed by atoms with E-state index >= 15 is 0 Å². The largest absolute Gasteiger partial charge is 0.416 e. The lowest BCUT2D eigenvalue weighted by Crippen LogP contribution is -1.87. The Balaban J connectivity index is 2.29. The van der Waals surface area contributed by atoms with Crippen molar-refractivity contribution in [3.05, 3.63) is 34.1 Å². The van der Waals surface area contributed by atoms with Crippen molar-refractivity contribution in [2.45, 2.75) is 23.6 Å². The topological polar surface area (TPSA) is 59.2 Å². The first kappa shape index (κ1) is 11.6. The van der Waals surface area contributed by atoms with E-state index < -0.39 is 0 Å². The van der Waals surface area contributed by atoms with Crippen molar-refractivity contribution < 1.29 is 9.52 Å². The summed E-state index contributed by atoms with van der Waals surface area (Å²) in [5.41, 5.74) is 0.837. The van der Waals surface area contributed by atoms with E-state index in [1.54, 1.807) is 6.92 Å². The molecule has 0 spiro atoms. The van der Waals surface area contributed by atoms with Crippen LogP contribution in [0, 0.1) is 6.92 Å². The maximum Gasteiger partial charge on any atom is 0.281 e. The Morgan fingerprint density at radius 3 is 2.88 bits per heavy atom. The molecule has 0 saturated carbocycles. The zero-order valence-corrected chi connectivity index (χ0v) is 10.9. The van der Waals surface area contributed by atoms with Gasteiger partial charge in [-0.3, -0.25) is 0 Å². The van der Waals surface area contributed by atoms with Crippen molar-refractivity contribution in [1.82, 2.24) is 10.2 Å². The van der Waals surface area contributed by atoms with Gasteiger partial charge in [-0.15, -0.1) is 10.2 Å². The summed E-state index contributed by atoms with van der Waals surface area (Å²) >= 11 is 4.73. The molecule has 0 aliphatic heterocycles. The predicted octanol–water partition coefficient (Wildman–Crippen LogP) is 2.78. The van der Waals surface area contributed by atoms with Crippen LogP contribution in [0.4, 0.5) is 0 Å². The molecule has 0 aliphatic carbocycles. The van der Waals surface area contributed by atoms with Crippen LogP contribution in [0.1, 0.15) is 11.5 Å². The van der Waals surface area contributed by atoms with E-state index in [9.17, 15) is 5.11 Å². The highest BCUT2D eigenvalue weighted by Gasteiger charge is 2.09. The summed E-state index contributed by atoms with van der Waals surface area (Å²) in [7, 11) is 0. The third-order valence-electron chi connectivity index (χ3n) is 1.90. The van der Waals surface area contributed by atoms with Gasteiger partial charge in [-0.2, -0.15) is 0 Å². The first-order chi connectivity index (χ1) is 7.69.